The molecule has 5 nitrogen and oxygen atoms in total. The molecule has 4 rings (SSSR count). The summed E-state index contributed by atoms with van der Waals surface area (Å²) in [5.41, 5.74) is 4.64. The highest BCUT2D eigenvalue weighted by atomic mass is 16.5. The molecule has 5 heteroatoms. The number of anilines is 1. The van der Waals surface area contributed by atoms with Crippen molar-refractivity contribution in [3.05, 3.63) is 59.2 Å². The molecule has 2 atom stereocenters. The van der Waals surface area contributed by atoms with Gasteiger partial charge in [0.15, 0.2) is 6.10 Å². The number of nitrogens with zero attached hydrogens (tertiary/aromatic N) is 1. The molecule has 0 fully saturated rings. The van der Waals surface area contributed by atoms with Crippen molar-refractivity contribution in [2.75, 3.05) is 11.4 Å². The number of rotatable bonds is 3. The molecule has 1 N–H and O–H groups in total. The molecular formula is C23H26N2O3. The van der Waals surface area contributed by atoms with Crippen LogP contribution in [-0.2, 0) is 22.4 Å². The van der Waals surface area contributed by atoms with Crippen molar-refractivity contribution < 1.29 is 14.3 Å². The van der Waals surface area contributed by atoms with E-state index >= 15 is 0 Å². The number of carbonyl (C=O) groups is 2. The van der Waals surface area contributed by atoms with E-state index in [-0.39, 0.29) is 24.4 Å². The SMILES string of the molecule is CC(=O)N1CC(C(=O)NC(C)c2ccc3c(c2)CCCC3)Oc2ccccc21. The van der Waals surface area contributed by atoms with Gasteiger partial charge in [0.25, 0.3) is 5.91 Å². The zero-order chi connectivity index (χ0) is 19.7. The maximum Gasteiger partial charge on any atom is 0.263 e. The molecule has 2 unspecified atom stereocenters. The summed E-state index contributed by atoms with van der Waals surface area (Å²) >= 11 is 0. The van der Waals surface area contributed by atoms with E-state index in [2.05, 4.69) is 23.5 Å². The van der Waals surface area contributed by atoms with Crippen LogP contribution in [0.15, 0.2) is 42.5 Å². The van der Waals surface area contributed by atoms with Crippen molar-refractivity contribution in [2.24, 2.45) is 0 Å². The van der Waals surface area contributed by atoms with Crippen LogP contribution < -0.4 is 15.0 Å². The van der Waals surface area contributed by atoms with E-state index in [1.165, 1.54) is 30.9 Å². The zero-order valence-electron chi connectivity index (χ0n) is 16.4. The summed E-state index contributed by atoms with van der Waals surface area (Å²) in [6, 6.07) is 13.7. The summed E-state index contributed by atoms with van der Waals surface area (Å²) in [7, 11) is 0. The van der Waals surface area contributed by atoms with Gasteiger partial charge >= 0.3 is 0 Å². The van der Waals surface area contributed by atoms with E-state index in [1.807, 2.05) is 25.1 Å². The highest BCUT2D eigenvalue weighted by Gasteiger charge is 2.33. The quantitative estimate of drug-likeness (QED) is 0.888. The van der Waals surface area contributed by atoms with Crippen LogP contribution >= 0.6 is 0 Å². The topological polar surface area (TPSA) is 58.6 Å². The van der Waals surface area contributed by atoms with E-state index < -0.39 is 6.10 Å². The van der Waals surface area contributed by atoms with Crippen LogP contribution in [0.3, 0.4) is 0 Å². The number of fused-ring (bicyclic) bond motifs is 2. The molecule has 0 spiro atoms. The summed E-state index contributed by atoms with van der Waals surface area (Å²) in [4.78, 5) is 26.5. The van der Waals surface area contributed by atoms with Gasteiger partial charge in [-0.2, -0.15) is 0 Å². The second-order valence-corrected chi connectivity index (χ2v) is 7.67. The highest BCUT2D eigenvalue weighted by Crippen LogP contribution is 2.33. The summed E-state index contributed by atoms with van der Waals surface area (Å²) in [6.07, 6.45) is 4.02. The van der Waals surface area contributed by atoms with Crippen molar-refractivity contribution >= 4 is 17.5 Å². The number of para-hydroxylation sites is 2. The maximum absolute atomic E-state index is 12.9. The summed E-state index contributed by atoms with van der Waals surface area (Å²) < 4.78 is 5.90. The molecular weight excluding hydrogens is 352 g/mol. The molecule has 2 amide bonds. The summed E-state index contributed by atoms with van der Waals surface area (Å²) in [5.74, 6) is 0.257. The molecule has 1 aliphatic carbocycles. The monoisotopic (exact) mass is 378 g/mol. The van der Waals surface area contributed by atoms with Gasteiger partial charge in [0.2, 0.25) is 5.91 Å². The van der Waals surface area contributed by atoms with Crippen LogP contribution in [0, 0.1) is 0 Å². The lowest BCUT2D eigenvalue weighted by Gasteiger charge is -2.34. The van der Waals surface area contributed by atoms with Crippen molar-refractivity contribution in [1.82, 2.24) is 5.32 Å². The second kappa shape index (κ2) is 7.66. The lowest BCUT2D eigenvalue weighted by molar-refractivity contribution is -0.129. The molecule has 0 bridgehead atoms. The largest absolute Gasteiger partial charge is 0.477 e. The number of hydrogen-bond donors (Lipinski definition) is 1. The van der Waals surface area contributed by atoms with Gasteiger partial charge in [0.05, 0.1) is 18.3 Å². The average molecular weight is 378 g/mol. The summed E-state index contributed by atoms with van der Waals surface area (Å²) in [6.45, 7) is 3.71. The lowest BCUT2D eigenvalue weighted by atomic mass is 9.89. The lowest BCUT2D eigenvalue weighted by Crippen LogP contribution is -2.50. The molecule has 146 valence electrons. The Bertz CT molecular complexity index is 908. The van der Waals surface area contributed by atoms with E-state index in [1.54, 1.807) is 11.0 Å². The van der Waals surface area contributed by atoms with Crippen LogP contribution in [0.4, 0.5) is 5.69 Å². The minimum absolute atomic E-state index is 0.101. The Morgan fingerprint density at radius 2 is 1.86 bits per heavy atom. The number of carbonyl (C=O) groups excluding carboxylic acids is 2. The molecule has 2 aromatic carbocycles. The third-order valence-corrected chi connectivity index (χ3v) is 5.68. The molecule has 0 radical (unpaired) electrons. The molecule has 1 heterocycles. The first-order valence-electron chi connectivity index (χ1n) is 9.99. The van der Waals surface area contributed by atoms with E-state index in [9.17, 15) is 9.59 Å². The Hall–Kier alpha value is -2.82. The van der Waals surface area contributed by atoms with Gasteiger partial charge < -0.3 is 15.0 Å². The van der Waals surface area contributed by atoms with Gasteiger partial charge in [-0.1, -0.05) is 30.3 Å². The van der Waals surface area contributed by atoms with Gasteiger partial charge in [-0.15, -0.1) is 0 Å². The van der Waals surface area contributed by atoms with Gasteiger partial charge in [-0.05, 0) is 61.4 Å². The Morgan fingerprint density at radius 1 is 1.11 bits per heavy atom. The molecule has 1 aliphatic heterocycles. The predicted octanol–water partition coefficient (Wildman–Crippen LogP) is 3.56. The number of benzene rings is 2. The molecule has 2 aliphatic rings. The molecule has 28 heavy (non-hydrogen) atoms. The van der Waals surface area contributed by atoms with Crippen molar-refractivity contribution in [1.29, 1.82) is 0 Å². The molecule has 0 saturated carbocycles. The minimum atomic E-state index is -0.723. The number of ether oxygens (including phenoxy) is 1. The van der Waals surface area contributed by atoms with Gasteiger partial charge in [-0.25, -0.2) is 0 Å². The fourth-order valence-electron chi connectivity index (χ4n) is 4.08. The van der Waals surface area contributed by atoms with E-state index in [0.717, 1.165) is 18.4 Å². The fourth-order valence-corrected chi connectivity index (χ4v) is 4.08. The second-order valence-electron chi connectivity index (χ2n) is 7.67. The van der Waals surface area contributed by atoms with Gasteiger partial charge in [-0.3, -0.25) is 9.59 Å². The van der Waals surface area contributed by atoms with Gasteiger partial charge in [0.1, 0.15) is 5.75 Å². The number of aryl methyl sites for hydroxylation is 2. The van der Waals surface area contributed by atoms with Crippen molar-refractivity contribution in [2.45, 2.75) is 51.7 Å². The Kier molecular flexibility index (Phi) is 5.07. The van der Waals surface area contributed by atoms with E-state index in [0.29, 0.717) is 11.4 Å². The Morgan fingerprint density at radius 3 is 2.64 bits per heavy atom. The van der Waals surface area contributed by atoms with Crippen molar-refractivity contribution in [3.63, 3.8) is 0 Å². The first-order valence-corrected chi connectivity index (χ1v) is 9.99. The first-order chi connectivity index (χ1) is 13.5. The van der Waals surface area contributed by atoms with Gasteiger partial charge in [0, 0.05) is 6.92 Å². The zero-order valence-corrected chi connectivity index (χ0v) is 16.4. The third-order valence-electron chi connectivity index (χ3n) is 5.68. The van der Waals surface area contributed by atoms with Crippen molar-refractivity contribution in [3.8, 4) is 5.75 Å². The normalized spacial score (nSPS) is 19.1. The third kappa shape index (κ3) is 3.61. The molecule has 0 aromatic heterocycles. The highest BCUT2D eigenvalue weighted by molar-refractivity contribution is 5.95. The first kappa shape index (κ1) is 18.5. The average Bonchev–Trinajstić information content (AvgIpc) is 2.72. The van der Waals surface area contributed by atoms with Crippen LogP contribution in [0.2, 0.25) is 0 Å². The predicted molar refractivity (Wildman–Crippen MR) is 109 cm³/mol. The summed E-state index contributed by atoms with van der Waals surface area (Å²) in [5, 5.41) is 3.06. The molecule has 0 saturated heterocycles. The van der Waals surface area contributed by atoms with Crippen LogP contribution in [0.1, 0.15) is 49.4 Å². The standard InChI is InChI=1S/C23H26N2O3/c1-15(18-12-11-17-7-3-4-8-19(17)13-18)24-23(27)22-14-25(16(2)26)20-9-5-6-10-21(20)28-22/h5-6,9-13,15,22H,3-4,7-8,14H2,1-2H3,(H,24,27). The van der Waals surface area contributed by atoms with Crippen LogP contribution in [0.25, 0.3) is 0 Å². The fraction of sp³-hybridized carbons (Fsp3) is 0.391. The number of hydrogen-bond acceptors (Lipinski definition) is 3. The minimum Gasteiger partial charge on any atom is -0.477 e. The smallest absolute Gasteiger partial charge is 0.263 e. The van der Waals surface area contributed by atoms with E-state index in [4.69, 9.17) is 4.74 Å². The Labute approximate surface area is 165 Å². The number of nitrogens with one attached hydrogen (secondary N) is 1. The maximum atomic E-state index is 12.9. The van der Waals surface area contributed by atoms with Crippen LogP contribution in [-0.4, -0.2) is 24.5 Å². The number of amides is 2. The van der Waals surface area contributed by atoms with Crippen LogP contribution in [0.5, 0.6) is 5.75 Å². The molecule has 2 aromatic rings. The Balaban J connectivity index is 1.48.